The third kappa shape index (κ3) is 5.18. The fourth-order valence-corrected chi connectivity index (χ4v) is 2.62. The van der Waals surface area contributed by atoms with E-state index in [2.05, 4.69) is 10.3 Å². The van der Waals surface area contributed by atoms with E-state index < -0.39 is 35.6 Å². The van der Waals surface area contributed by atoms with Crippen molar-refractivity contribution < 1.29 is 32.6 Å². The molecule has 0 radical (unpaired) electrons. The second-order valence-electron chi connectivity index (χ2n) is 6.74. The molecule has 0 aliphatic heterocycles. The number of hydrogen-bond acceptors (Lipinski definition) is 5. The molecule has 9 heteroatoms. The zero-order valence-electron chi connectivity index (χ0n) is 16.7. The lowest BCUT2D eigenvalue weighted by Crippen LogP contribution is -2.30. The van der Waals surface area contributed by atoms with Crippen molar-refractivity contribution in [2.24, 2.45) is 0 Å². The SMILES string of the molecule is Cc1[nH]c(C(=O)O[C@H](C)C(=O)Nc2ccc(F)c(F)c2)c(C)c1C(=O)OC(C)C. The van der Waals surface area contributed by atoms with Gasteiger partial charge in [-0.2, -0.15) is 0 Å². The Balaban J connectivity index is 2.10. The number of aromatic amines is 1. The fourth-order valence-electron chi connectivity index (χ4n) is 2.62. The molecule has 156 valence electrons. The maximum Gasteiger partial charge on any atom is 0.355 e. The molecule has 0 saturated heterocycles. The van der Waals surface area contributed by atoms with Gasteiger partial charge in [0.1, 0.15) is 5.69 Å². The predicted octanol–water partition coefficient (Wildman–Crippen LogP) is 3.66. The number of aromatic nitrogens is 1. The maximum absolute atomic E-state index is 13.2. The molecule has 7 nitrogen and oxygen atoms in total. The Morgan fingerprint density at radius 3 is 2.24 bits per heavy atom. The Kier molecular flexibility index (Phi) is 6.73. The van der Waals surface area contributed by atoms with Crippen LogP contribution < -0.4 is 5.32 Å². The molecule has 1 aromatic carbocycles. The summed E-state index contributed by atoms with van der Waals surface area (Å²) in [7, 11) is 0. The summed E-state index contributed by atoms with van der Waals surface area (Å²) in [5.74, 6) is -4.32. The van der Waals surface area contributed by atoms with Gasteiger partial charge in [0.2, 0.25) is 0 Å². The summed E-state index contributed by atoms with van der Waals surface area (Å²) in [6, 6.07) is 2.85. The molecule has 29 heavy (non-hydrogen) atoms. The van der Waals surface area contributed by atoms with Gasteiger partial charge in [-0.15, -0.1) is 0 Å². The first-order chi connectivity index (χ1) is 13.5. The predicted molar refractivity (Wildman–Crippen MR) is 101 cm³/mol. The van der Waals surface area contributed by atoms with Crippen LogP contribution in [0.25, 0.3) is 0 Å². The number of carbonyl (C=O) groups excluding carboxylic acids is 3. The molecular weight excluding hydrogens is 386 g/mol. The molecule has 1 atom stereocenters. The van der Waals surface area contributed by atoms with E-state index in [0.717, 1.165) is 12.1 Å². The van der Waals surface area contributed by atoms with Crippen LogP contribution in [-0.4, -0.2) is 35.0 Å². The number of halogens is 2. The highest BCUT2D eigenvalue weighted by molar-refractivity contribution is 6.00. The van der Waals surface area contributed by atoms with Crippen LogP contribution in [0.4, 0.5) is 14.5 Å². The van der Waals surface area contributed by atoms with Crippen LogP contribution in [0.2, 0.25) is 0 Å². The van der Waals surface area contributed by atoms with Gasteiger partial charge < -0.3 is 19.8 Å². The van der Waals surface area contributed by atoms with E-state index in [4.69, 9.17) is 9.47 Å². The van der Waals surface area contributed by atoms with Crippen LogP contribution in [0.15, 0.2) is 18.2 Å². The summed E-state index contributed by atoms with van der Waals surface area (Å²) < 4.78 is 36.5. The number of anilines is 1. The summed E-state index contributed by atoms with van der Waals surface area (Å²) in [4.78, 5) is 39.6. The van der Waals surface area contributed by atoms with E-state index in [1.807, 2.05) is 0 Å². The van der Waals surface area contributed by atoms with Gasteiger partial charge >= 0.3 is 11.9 Å². The first-order valence-electron chi connectivity index (χ1n) is 8.88. The lowest BCUT2D eigenvalue weighted by molar-refractivity contribution is -0.123. The van der Waals surface area contributed by atoms with E-state index in [9.17, 15) is 23.2 Å². The molecule has 0 aliphatic rings. The number of ether oxygens (including phenoxy) is 2. The standard InChI is InChI=1S/C20H22F2N2O5/c1-9(2)28-19(26)16-10(3)17(23-11(16)4)20(27)29-12(5)18(25)24-13-6-7-14(21)15(22)8-13/h6-9,12,23H,1-5H3,(H,24,25)/t12-/m1/s1. The van der Waals surface area contributed by atoms with Gasteiger partial charge in [-0.1, -0.05) is 0 Å². The average Bonchev–Trinajstić information content (AvgIpc) is 2.92. The molecule has 1 amide bonds. The van der Waals surface area contributed by atoms with Crippen LogP contribution in [-0.2, 0) is 14.3 Å². The number of hydrogen-bond donors (Lipinski definition) is 2. The normalized spacial score (nSPS) is 11.9. The van der Waals surface area contributed by atoms with Crippen molar-refractivity contribution in [2.45, 2.75) is 46.8 Å². The minimum absolute atomic E-state index is 0.0161. The summed E-state index contributed by atoms with van der Waals surface area (Å²) in [6.45, 7) is 7.91. The Hall–Kier alpha value is -3.23. The van der Waals surface area contributed by atoms with Crippen LogP contribution in [0, 0.1) is 25.5 Å². The average molecular weight is 408 g/mol. The Labute approximate surface area is 166 Å². The third-order valence-corrected chi connectivity index (χ3v) is 4.03. The quantitative estimate of drug-likeness (QED) is 0.711. The van der Waals surface area contributed by atoms with Crippen molar-refractivity contribution in [3.05, 3.63) is 52.3 Å². The van der Waals surface area contributed by atoms with Gasteiger partial charge in [0.05, 0.1) is 11.7 Å². The first kappa shape index (κ1) is 22.1. The van der Waals surface area contributed by atoms with Crippen LogP contribution in [0.5, 0.6) is 0 Å². The lowest BCUT2D eigenvalue weighted by atomic mass is 10.1. The van der Waals surface area contributed by atoms with Gasteiger partial charge in [-0.3, -0.25) is 4.79 Å². The second-order valence-corrected chi connectivity index (χ2v) is 6.74. The van der Waals surface area contributed by atoms with Gasteiger partial charge in [0.15, 0.2) is 17.7 Å². The van der Waals surface area contributed by atoms with Gasteiger partial charge in [0, 0.05) is 17.4 Å². The highest BCUT2D eigenvalue weighted by Gasteiger charge is 2.27. The lowest BCUT2D eigenvalue weighted by Gasteiger charge is -2.13. The molecule has 0 unspecified atom stereocenters. The first-order valence-corrected chi connectivity index (χ1v) is 8.88. The molecule has 1 aromatic heterocycles. The Morgan fingerprint density at radius 2 is 1.66 bits per heavy atom. The molecule has 2 rings (SSSR count). The molecule has 2 N–H and O–H groups in total. The van der Waals surface area contributed by atoms with Crippen LogP contribution in [0.3, 0.4) is 0 Å². The molecular formula is C20H22F2N2O5. The summed E-state index contributed by atoms with van der Waals surface area (Å²) in [6.07, 6.45) is -1.56. The van der Waals surface area contributed by atoms with E-state index >= 15 is 0 Å². The number of aryl methyl sites for hydroxylation is 1. The minimum atomic E-state index is -1.23. The topological polar surface area (TPSA) is 97.5 Å². The molecule has 1 heterocycles. The fraction of sp³-hybridized carbons (Fsp3) is 0.350. The second kappa shape index (κ2) is 8.85. The number of carbonyl (C=O) groups is 3. The number of H-pyrrole nitrogens is 1. The van der Waals surface area contributed by atoms with E-state index in [1.54, 1.807) is 27.7 Å². The van der Waals surface area contributed by atoms with E-state index in [-0.39, 0.29) is 23.0 Å². The van der Waals surface area contributed by atoms with E-state index in [1.165, 1.54) is 13.0 Å². The van der Waals surface area contributed by atoms with Crippen LogP contribution in [0.1, 0.15) is 52.9 Å². The van der Waals surface area contributed by atoms with Crippen molar-refractivity contribution >= 4 is 23.5 Å². The number of esters is 2. The van der Waals surface area contributed by atoms with Crippen molar-refractivity contribution in [3.8, 4) is 0 Å². The number of amides is 1. The number of benzene rings is 1. The maximum atomic E-state index is 13.2. The Bertz CT molecular complexity index is 953. The summed E-state index contributed by atoms with van der Waals surface area (Å²) in [5, 5.41) is 2.33. The van der Waals surface area contributed by atoms with Crippen molar-refractivity contribution in [2.75, 3.05) is 5.32 Å². The summed E-state index contributed by atoms with van der Waals surface area (Å²) >= 11 is 0. The highest BCUT2D eigenvalue weighted by Crippen LogP contribution is 2.21. The van der Waals surface area contributed by atoms with Gasteiger partial charge in [-0.05, 0) is 52.3 Å². The van der Waals surface area contributed by atoms with E-state index in [0.29, 0.717) is 11.3 Å². The zero-order chi connectivity index (χ0) is 21.9. The number of nitrogens with one attached hydrogen (secondary N) is 2. The van der Waals surface area contributed by atoms with Crippen molar-refractivity contribution in [3.63, 3.8) is 0 Å². The molecule has 0 bridgehead atoms. The zero-order valence-corrected chi connectivity index (χ0v) is 16.7. The third-order valence-electron chi connectivity index (χ3n) is 4.03. The highest BCUT2D eigenvalue weighted by atomic mass is 19.2. The minimum Gasteiger partial charge on any atom is -0.459 e. The molecule has 0 fully saturated rings. The molecule has 0 spiro atoms. The molecule has 2 aromatic rings. The molecule has 0 aliphatic carbocycles. The Morgan fingerprint density at radius 1 is 1.00 bits per heavy atom. The summed E-state index contributed by atoms with van der Waals surface area (Å²) in [5.41, 5.74) is 1.03. The van der Waals surface area contributed by atoms with Gasteiger partial charge in [0.25, 0.3) is 5.91 Å². The largest absolute Gasteiger partial charge is 0.459 e. The van der Waals surface area contributed by atoms with Crippen LogP contribution >= 0.6 is 0 Å². The molecule has 0 saturated carbocycles. The van der Waals surface area contributed by atoms with Crippen molar-refractivity contribution in [1.29, 1.82) is 0 Å². The monoisotopic (exact) mass is 408 g/mol. The number of rotatable bonds is 6. The van der Waals surface area contributed by atoms with Gasteiger partial charge in [-0.25, -0.2) is 18.4 Å². The smallest absolute Gasteiger partial charge is 0.355 e. The van der Waals surface area contributed by atoms with Crippen molar-refractivity contribution in [1.82, 2.24) is 4.98 Å².